The van der Waals surface area contributed by atoms with Crippen molar-refractivity contribution >= 4 is 22.8 Å². The van der Waals surface area contributed by atoms with Crippen LogP contribution in [0.1, 0.15) is 52.4 Å². The molecule has 0 bridgehead atoms. The van der Waals surface area contributed by atoms with E-state index in [1.807, 2.05) is 12.1 Å². The predicted molar refractivity (Wildman–Crippen MR) is 115 cm³/mol. The molecule has 1 aromatic heterocycles. The Bertz CT molecular complexity index is 1030. The van der Waals surface area contributed by atoms with Crippen LogP contribution >= 0.6 is 0 Å². The number of carbonyl (C=O) groups is 2. The summed E-state index contributed by atoms with van der Waals surface area (Å²) < 4.78 is 5.70. The van der Waals surface area contributed by atoms with Crippen molar-refractivity contribution in [3.8, 4) is 0 Å². The molecule has 2 aromatic carbocycles. The monoisotopic (exact) mass is 392 g/mol. The van der Waals surface area contributed by atoms with Gasteiger partial charge in [0.25, 0.3) is 5.91 Å². The third kappa shape index (κ3) is 4.50. The molecular formula is C24H28N2O3. The zero-order chi connectivity index (χ0) is 21.1. The molecule has 0 aliphatic rings. The van der Waals surface area contributed by atoms with Gasteiger partial charge in [-0.1, -0.05) is 26.0 Å². The highest BCUT2D eigenvalue weighted by Gasteiger charge is 2.16. The lowest BCUT2D eigenvalue weighted by molar-refractivity contribution is -0.129. The van der Waals surface area contributed by atoms with E-state index in [0.29, 0.717) is 24.4 Å². The van der Waals surface area contributed by atoms with E-state index in [2.05, 4.69) is 38.2 Å². The molecule has 0 atom stereocenters. The number of nitrogens with one attached hydrogen (secondary N) is 1. The van der Waals surface area contributed by atoms with Crippen molar-refractivity contribution in [3.05, 3.63) is 70.5 Å². The van der Waals surface area contributed by atoms with Crippen molar-refractivity contribution in [1.82, 2.24) is 10.2 Å². The topological polar surface area (TPSA) is 62.6 Å². The van der Waals surface area contributed by atoms with Crippen molar-refractivity contribution in [3.63, 3.8) is 0 Å². The second-order valence-corrected chi connectivity index (χ2v) is 7.82. The van der Waals surface area contributed by atoms with Gasteiger partial charge in [0.15, 0.2) is 0 Å². The number of amides is 2. The van der Waals surface area contributed by atoms with Crippen LogP contribution in [0.25, 0.3) is 11.0 Å². The van der Waals surface area contributed by atoms with Crippen LogP contribution in [0.5, 0.6) is 0 Å². The maximum atomic E-state index is 12.8. The fourth-order valence-corrected chi connectivity index (χ4v) is 3.57. The van der Waals surface area contributed by atoms with Crippen molar-refractivity contribution in [2.24, 2.45) is 0 Å². The van der Waals surface area contributed by atoms with E-state index in [-0.39, 0.29) is 11.8 Å². The van der Waals surface area contributed by atoms with E-state index in [9.17, 15) is 9.59 Å². The first-order valence-corrected chi connectivity index (χ1v) is 9.85. The van der Waals surface area contributed by atoms with Crippen LogP contribution < -0.4 is 5.32 Å². The highest BCUT2D eigenvalue weighted by atomic mass is 16.3. The Hall–Kier alpha value is -3.08. The van der Waals surface area contributed by atoms with E-state index in [0.717, 1.165) is 22.1 Å². The summed E-state index contributed by atoms with van der Waals surface area (Å²) in [6.45, 7) is 6.91. The van der Waals surface area contributed by atoms with Gasteiger partial charge in [0.1, 0.15) is 5.58 Å². The van der Waals surface area contributed by atoms with Gasteiger partial charge in [0.05, 0.1) is 12.7 Å². The largest absolute Gasteiger partial charge is 0.464 e. The first kappa shape index (κ1) is 20.6. The quantitative estimate of drug-likeness (QED) is 0.675. The number of nitrogens with zero attached hydrogens (tertiary/aromatic N) is 1. The van der Waals surface area contributed by atoms with Crippen LogP contribution in [0.4, 0.5) is 0 Å². The molecule has 3 rings (SSSR count). The third-order valence-corrected chi connectivity index (χ3v) is 5.29. The number of carbonyl (C=O) groups excluding carboxylic acids is 2. The lowest BCUT2D eigenvalue weighted by atomic mass is 9.95. The lowest BCUT2D eigenvalue weighted by Crippen LogP contribution is -2.27. The van der Waals surface area contributed by atoms with Gasteiger partial charge in [-0.05, 0) is 53.8 Å². The van der Waals surface area contributed by atoms with Crippen molar-refractivity contribution in [1.29, 1.82) is 0 Å². The van der Waals surface area contributed by atoms with Crippen molar-refractivity contribution < 1.29 is 14.0 Å². The summed E-state index contributed by atoms with van der Waals surface area (Å²) in [6.07, 6.45) is 1.98. The van der Waals surface area contributed by atoms with Gasteiger partial charge < -0.3 is 14.6 Å². The molecular weight excluding hydrogens is 364 g/mol. The fourth-order valence-electron chi connectivity index (χ4n) is 3.57. The van der Waals surface area contributed by atoms with Crippen LogP contribution in [0.3, 0.4) is 0 Å². The molecule has 0 saturated heterocycles. The summed E-state index contributed by atoms with van der Waals surface area (Å²) in [5.41, 5.74) is 5.79. The summed E-state index contributed by atoms with van der Waals surface area (Å²) in [7, 11) is 3.40. The second kappa shape index (κ2) is 8.52. The summed E-state index contributed by atoms with van der Waals surface area (Å²) in [4.78, 5) is 26.1. The molecule has 0 aliphatic carbocycles. The van der Waals surface area contributed by atoms with Crippen LogP contribution in [0.15, 0.2) is 47.1 Å². The van der Waals surface area contributed by atoms with E-state index in [4.69, 9.17) is 4.42 Å². The number of rotatable bonds is 6. The molecule has 2 amide bonds. The van der Waals surface area contributed by atoms with E-state index < -0.39 is 0 Å². The number of aryl methyl sites for hydroxylation is 1. The minimum atomic E-state index is -0.121. The number of hydrogen-bond donors (Lipinski definition) is 1. The molecule has 0 unspecified atom stereocenters. The number of furan rings is 1. The van der Waals surface area contributed by atoms with Gasteiger partial charge in [0.2, 0.25) is 5.91 Å². The summed E-state index contributed by atoms with van der Waals surface area (Å²) in [5.74, 6) is 0.317. The Kier molecular flexibility index (Phi) is 6.06. The Morgan fingerprint density at radius 2 is 1.83 bits per heavy atom. The van der Waals surface area contributed by atoms with Crippen LogP contribution in [0, 0.1) is 6.92 Å². The summed E-state index contributed by atoms with van der Waals surface area (Å²) in [6, 6.07) is 11.5. The summed E-state index contributed by atoms with van der Waals surface area (Å²) >= 11 is 0. The fraction of sp³-hybridized carbons (Fsp3) is 0.333. The Balaban J connectivity index is 1.72. The van der Waals surface area contributed by atoms with Crippen molar-refractivity contribution in [2.45, 2.75) is 39.7 Å². The Labute approximate surface area is 171 Å². The highest BCUT2D eigenvalue weighted by molar-refractivity contribution is 5.94. The molecule has 0 radical (unpaired) electrons. The molecule has 0 spiro atoms. The average molecular weight is 392 g/mol. The molecule has 29 heavy (non-hydrogen) atoms. The third-order valence-electron chi connectivity index (χ3n) is 5.29. The van der Waals surface area contributed by atoms with Gasteiger partial charge >= 0.3 is 0 Å². The molecule has 0 fully saturated rings. The molecule has 0 aliphatic heterocycles. The van der Waals surface area contributed by atoms with Crippen LogP contribution in [-0.4, -0.2) is 30.8 Å². The average Bonchev–Trinajstić information content (AvgIpc) is 3.08. The number of fused-ring (bicyclic) bond motifs is 1. The number of likely N-dealkylation sites (N-methyl/N-ethyl adjacent to an activating group) is 1. The van der Waals surface area contributed by atoms with E-state index in [1.165, 1.54) is 11.1 Å². The first-order chi connectivity index (χ1) is 13.8. The van der Waals surface area contributed by atoms with Crippen LogP contribution in [0.2, 0.25) is 0 Å². The molecule has 1 N–H and O–H groups in total. The predicted octanol–water partition coefficient (Wildman–Crippen LogP) is 4.43. The van der Waals surface area contributed by atoms with Gasteiger partial charge in [-0.25, -0.2) is 0 Å². The van der Waals surface area contributed by atoms with Crippen molar-refractivity contribution in [2.75, 3.05) is 14.1 Å². The summed E-state index contributed by atoms with van der Waals surface area (Å²) in [5, 5.41) is 3.61. The Morgan fingerprint density at radius 3 is 2.45 bits per heavy atom. The molecule has 1 heterocycles. The molecule has 5 nitrogen and oxygen atoms in total. The molecule has 5 heteroatoms. The first-order valence-electron chi connectivity index (χ1n) is 9.85. The van der Waals surface area contributed by atoms with E-state index in [1.54, 1.807) is 37.4 Å². The highest BCUT2D eigenvalue weighted by Crippen LogP contribution is 2.29. The smallest absolute Gasteiger partial charge is 0.251 e. The normalized spacial score (nSPS) is 11.1. The zero-order valence-corrected chi connectivity index (χ0v) is 17.7. The van der Waals surface area contributed by atoms with Gasteiger partial charge in [-0.3, -0.25) is 9.59 Å². The van der Waals surface area contributed by atoms with Gasteiger partial charge in [-0.15, -0.1) is 0 Å². The minimum Gasteiger partial charge on any atom is -0.464 e. The van der Waals surface area contributed by atoms with Crippen LogP contribution in [-0.2, 0) is 17.8 Å². The van der Waals surface area contributed by atoms with Gasteiger partial charge in [-0.2, -0.15) is 0 Å². The molecule has 0 saturated carbocycles. The van der Waals surface area contributed by atoms with Gasteiger partial charge in [0, 0.05) is 37.2 Å². The van der Waals surface area contributed by atoms with E-state index >= 15 is 0 Å². The standard InChI is InChI=1S/C24H28N2O3/c1-15(2)20-12-21-19(14-29-22(21)10-16(20)3)11-23(27)26(5)13-17-6-8-18(9-7-17)24(28)25-4/h6-10,12,14-15H,11,13H2,1-5H3,(H,25,28). The SMILES string of the molecule is CNC(=O)c1ccc(CN(C)C(=O)Cc2coc3cc(C)c(C(C)C)cc23)cc1. The Morgan fingerprint density at radius 1 is 1.14 bits per heavy atom. The zero-order valence-electron chi connectivity index (χ0n) is 17.7. The maximum absolute atomic E-state index is 12.8. The second-order valence-electron chi connectivity index (χ2n) is 7.82. The minimum absolute atomic E-state index is 0.0229. The maximum Gasteiger partial charge on any atom is 0.251 e. The number of hydrogen-bond acceptors (Lipinski definition) is 3. The lowest BCUT2D eigenvalue weighted by Gasteiger charge is -2.17. The molecule has 3 aromatic rings. The number of benzene rings is 2. The molecule has 152 valence electrons.